The summed E-state index contributed by atoms with van der Waals surface area (Å²) in [6.07, 6.45) is 4.79. The van der Waals surface area contributed by atoms with Crippen molar-refractivity contribution >= 4 is 46.0 Å². The number of para-hydroxylation sites is 1. The minimum absolute atomic E-state index is 0.129. The Morgan fingerprint density at radius 3 is 2.39 bits per heavy atom. The average Bonchev–Trinajstić information content (AvgIpc) is 3.44. The topological polar surface area (TPSA) is 47.4 Å². The molecule has 0 atom stereocenters. The summed E-state index contributed by atoms with van der Waals surface area (Å²) in [4.78, 5) is 15.5. The fourth-order valence-corrected chi connectivity index (χ4v) is 5.17. The van der Waals surface area contributed by atoms with E-state index >= 15 is 0 Å². The Morgan fingerprint density at radius 2 is 1.69 bits per heavy atom. The highest BCUT2D eigenvalue weighted by Crippen LogP contribution is 2.37. The van der Waals surface area contributed by atoms with Gasteiger partial charge in [0, 0.05) is 17.3 Å². The second-order valence-electron chi connectivity index (χ2n) is 8.44. The fourth-order valence-electron chi connectivity index (χ4n) is 3.88. The van der Waals surface area contributed by atoms with Crippen molar-refractivity contribution in [3.63, 3.8) is 0 Å². The first kappa shape index (κ1) is 24.0. The van der Waals surface area contributed by atoms with Gasteiger partial charge in [-0.25, -0.2) is 4.68 Å². The zero-order valence-corrected chi connectivity index (χ0v) is 21.7. The molecular formula is C29H25N3O2S2. The molecule has 0 N–H and O–H groups in total. The SMILES string of the molecule is CCCOc1ccc(-c2nn(-c3ccccc3)cc2/C=C2\SC(=S)N(c3ccc(C)cc3)C2=O)cc1. The summed E-state index contributed by atoms with van der Waals surface area (Å²) in [5, 5.41) is 4.88. The first-order valence-electron chi connectivity index (χ1n) is 11.8. The molecule has 2 heterocycles. The number of hydrogen-bond donors (Lipinski definition) is 0. The highest BCUT2D eigenvalue weighted by Gasteiger charge is 2.33. The molecule has 0 saturated carbocycles. The first-order chi connectivity index (χ1) is 17.5. The number of ether oxygens (including phenoxy) is 1. The van der Waals surface area contributed by atoms with Crippen LogP contribution in [0.2, 0.25) is 0 Å². The molecular weight excluding hydrogens is 486 g/mol. The van der Waals surface area contributed by atoms with Crippen LogP contribution in [-0.4, -0.2) is 26.6 Å². The van der Waals surface area contributed by atoms with E-state index in [0.717, 1.165) is 45.9 Å². The number of hydrogen-bond acceptors (Lipinski definition) is 5. The Morgan fingerprint density at radius 1 is 0.972 bits per heavy atom. The lowest BCUT2D eigenvalue weighted by atomic mass is 10.1. The lowest BCUT2D eigenvalue weighted by Crippen LogP contribution is -2.27. The normalized spacial score (nSPS) is 14.6. The van der Waals surface area contributed by atoms with Gasteiger partial charge in [0.25, 0.3) is 5.91 Å². The van der Waals surface area contributed by atoms with Crippen LogP contribution in [0.5, 0.6) is 5.75 Å². The van der Waals surface area contributed by atoms with Crippen molar-refractivity contribution in [2.45, 2.75) is 20.3 Å². The molecule has 1 fully saturated rings. The summed E-state index contributed by atoms with van der Waals surface area (Å²) in [6, 6.07) is 25.6. The van der Waals surface area contributed by atoms with Crippen LogP contribution in [0.25, 0.3) is 23.0 Å². The zero-order valence-electron chi connectivity index (χ0n) is 20.0. The summed E-state index contributed by atoms with van der Waals surface area (Å²) < 4.78 is 8.09. The van der Waals surface area contributed by atoms with Gasteiger partial charge in [-0.05, 0) is 68.0 Å². The van der Waals surface area contributed by atoms with Crippen LogP contribution in [-0.2, 0) is 4.79 Å². The second-order valence-corrected chi connectivity index (χ2v) is 10.1. The van der Waals surface area contributed by atoms with Crippen LogP contribution in [0.4, 0.5) is 5.69 Å². The van der Waals surface area contributed by atoms with E-state index in [2.05, 4.69) is 6.92 Å². The molecule has 0 spiro atoms. The standard InChI is InChI=1S/C29H25N3O2S2/c1-3-17-34-25-15-11-21(12-16-25)27-22(19-31(30-27)23-7-5-4-6-8-23)18-26-28(33)32(29(35)36-26)24-13-9-20(2)10-14-24/h4-16,18-19H,3,17H2,1-2H3/b26-18-. The third-order valence-electron chi connectivity index (χ3n) is 5.74. The number of nitrogens with zero attached hydrogens (tertiary/aromatic N) is 3. The molecule has 3 aromatic carbocycles. The van der Waals surface area contributed by atoms with Gasteiger partial charge >= 0.3 is 0 Å². The summed E-state index contributed by atoms with van der Waals surface area (Å²) in [5.74, 6) is 0.694. The molecule has 0 unspecified atom stereocenters. The predicted octanol–water partition coefficient (Wildman–Crippen LogP) is 7.04. The summed E-state index contributed by atoms with van der Waals surface area (Å²) in [7, 11) is 0. The lowest BCUT2D eigenvalue weighted by molar-refractivity contribution is -0.113. The Labute approximate surface area is 220 Å². The second kappa shape index (κ2) is 10.5. The van der Waals surface area contributed by atoms with Crippen molar-refractivity contribution < 1.29 is 9.53 Å². The van der Waals surface area contributed by atoms with Crippen molar-refractivity contribution in [1.29, 1.82) is 0 Å². The van der Waals surface area contributed by atoms with E-state index in [9.17, 15) is 4.79 Å². The number of aromatic nitrogens is 2. The number of anilines is 1. The summed E-state index contributed by atoms with van der Waals surface area (Å²) >= 11 is 6.88. The third kappa shape index (κ3) is 4.98. The van der Waals surface area contributed by atoms with Crippen molar-refractivity contribution in [2.75, 3.05) is 11.5 Å². The molecule has 0 aliphatic carbocycles. The minimum Gasteiger partial charge on any atom is -0.494 e. The van der Waals surface area contributed by atoms with Crippen LogP contribution in [0.15, 0.2) is 90.0 Å². The minimum atomic E-state index is -0.129. The molecule has 1 saturated heterocycles. The van der Waals surface area contributed by atoms with Crippen molar-refractivity contribution in [3.05, 3.63) is 101 Å². The maximum absolute atomic E-state index is 13.4. The molecule has 7 heteroatoms. The number of carbonyl (C=O) groups excluding carboxylic acids is 1. The number of amides is 1. The molecule has 1 aliphatic heterocycles. The van der Waals surface area contributed by atoms with E-state index in [4.69, 9.17) is 22.1 Å². The zero-order chi connectivity index (χ0) is 25.1. The molecule has 36 heavy (non-hydrogen) atoms. The molecule has 1 aromatic heterocycles. The van der Waals surface area contributed by atoms with Gasteiger partial charge in [-0.3, -0.25) is 9.69 Å². The molecule has 1 aliphatic rings. The Bertz CT molecular complexity index is 1430. The van der Waals surface area contributed by atoms with E-state index in [0.29, 0.717) is 15.8 Å². The Kier molecular flexibility index (Phi) is 7.02. The molecule has 180 valence electrons. The van der Waals surface area contributed by atoms with Gasteiger partial charge in [0.1, 0.15) is 5.75 Å². The number of carbonyl (C=O) groups is 1. The first-order valence-corrected chi connectivity index (χ1v) is 13.0. The van der Waals surface area contributed by atoms with Crippen molar-refractivity contribution in [1.82, 2.24) is 9.78 Å². The van der Waals surface area contributed by atoms with E-state index in [1.54, 1.807) is 4.90 Å². The van der Waals surface area contributed by atoms with Gasteiger partial charge in [-0.1, -0.05) is 66.8 Å². The number of thioether (sulfide) groups is 1. The molecule has 5 rings (SSSR count). The molecule has 4 aromatic rings. The molecule has 5 nitrogen and oxygen atoms in total. The van der Waals surface area contributed by atoms with E-state index in [1.807, 2.05) is 103 Å². The van der Waals surface area contributed by atoms with Gasteiger partial charge in [0.05, 0.1) is 28.6 Å². The highest BCUT2D eigenvalue weighted by molar-refractivity contribution is 8.27. The lowest BCUT2D eigenvalue weighted by Gasteiger charge is -2.14. The van der Waals surface area contributed by atoms with E-state index in [1.165, 1.54) is 11.8 Å². The number of aryl methyl sites for hydroxylation is 1. The number of rotatable bonds is 7. The summed E-state index contributed by atoms with van der Waals surface area (Å²) in [6.45, 7) is 4.77. The maximum Gasteiger partial charge on any atom is 0.270 e. The van der Waals surface area contributed by atoms with Crippen molar-refractivity contribution in [3.8, 4) is 22.7 Å². The summed E-state index contributed by atoms with van der Waals surface area (Å²) in [5.41, 5.74) is 5.40. The van der Waals surface area contributed by atoms with Gasteiger partial charge in [-0.2, -0.15) is 5.10 Å². The van der Waals surface area contributed by atoms with Gasteiger partial charge < -0.3 is 4.74 Å². The van der Waals surface area contributed by atoms with Gasteiger partial charge in [-0.15, -0.1) is 0 Å². The van der Waals surface area contributed by atoms with Crippen LogP contribution in [0, 0.1) is 6.92 Å². The van der Waals surface area contributed by atoms with E-state index < -0.39 is 0 Å². The number of thiocarbonyl (C=S) groups is 1. The molecule has 1 amide bonds. The quantitative estimate of drug-likeness (QED) is 0.197. The van der Waals surface area contributed by atoms with Gasteiger partial charge in [0.15, 0.2) is 4.32 Å². The molecule has 0 bridgehead atoms. The van der Waals surface area contributed by atoms with Crippen LogP contribution in [0.1, 0.15) is 24.5 Å². The largest absolute Gasteiger partial charge is 0.494 e. The van der Waals surface area contributed by atoms with Crippen LogP contribution < -0.4 is 9.64 Å². The van der Waals surface area contributed by atoms with Gasteiger partial charge in [0.2, 0.25) is 0 Å². The Balaban J connectivity index is 1.53. The van der Waals surface area contributed by atoms with Crippen LogP contribution in [0.3, 0.4) is 0 Å². The average molecular weight is 512 g/mol. The Hall–Kier alpha value is -3.68. The van der Waals surface area contributed by atoms with E-state index in [-0.39, 0.29) is 5.91 Å². The fraction of sp³-hybridized carbons (Fsp3) is 0.138. The number of benzene rings is 3. The maximum atomic E-state index is 13.4. The predicted molar refractivity (Wildman–Crippen MR) is 152 cm³/mol. The van der Waals surface area contributed by atoms with Crippen LogP contribution >= 0.6 is 24.0 Å². The monoisotopic (exact) mass is 511 g/mol. The molecule has 0 radical (unpaired) electrons. The smallest absolute Gasteiger partial charge is 0.270 e. The highest BCUT2D eigenvalue weighted by atomic mass is 32.2. The third-order valence-corrected chi connectivity index (χ3v) is 7.04. The van der Waals surface area contributed by atoms with Crippen molar-refractivity contribution in [2.24, 2.45) is 0 Å².